The maximum atomic E-state index is 12.0. The fourth-order valence-corrected chi connectivity index (χ4v) is 3.01. The second-order valence-corrected chi connectivity index (χ2v) is 7.08. The van der Waals surface area contributed by atoms with E-state index in [1.807, 2.05) is 6.07 Å². The van der Waals surface area contributed by atoms with Gasteiger partial charge in [0, 0.05) is 17.2 Å². The first kappa shape index (κ1) is 23.7. The number of hydrogen-bond acceptors (Lipinski definition) is 8. The molecule has 0 radical (unpaired) electrons. The van der Waals surface area contributed by atoms with Crippen molar-refractivity contribution in [2.45, 2.75) is 0 Å². The molecule has 0 aliphatic carbocycles. The molecule has 0 bridgehead atoms. The number of carbonyl (C=O) groups is 2. The lowest BCUT2D eigenvalue weighted by Gasteiger charge is -2.08. The third-order valence-electron chi connectivity index (χ3n) is 4.77. The average Bonchev–Trinajstić information content (AvgIpc) is 2.85. The predicted octanol–water partition coefficient (Wildman–Crippen LogP) is 4.07. The fourth-order valence-electron chi connectivity index (χ4n) is 3.01. The van der Waals surface area contributed by atoms with Gasteiger partial charge in [0.05, 0.1) is 11.1 Å². The van der Waals surface area contributed by atoms with Gasteiger partial charge in [0.1, 0.15) is 11.5 Å². The van der Waals surface area contributed by atoms with Crippen molar-refractivity contribution in [2.75, 3.05) is 0 Å². The number of carbonyl (C=O) groups excluding carboxylic acids is 2. The number of benzene rings is 4. The SMILES string of the molecule is O=C(c1ccccc1)c1cc(O)c(O)c(O)c1O.O=C(c1ccccc1)c1ccc(O)cc1O. The lowest BCUT2D eigenvalue weighted by Crippen LogP contribution is -2.01. The van der Waals surface area contributed by atoms with Gasteiger partial charge in [0.15, 0.2) is 23.1 Å². The van der Waals surface area contributed by atoms with Gasteiger partial charge in [-0.1, -0.05) is 60.7 Å². The van der Waals surface area contributed by atoms with E-state index in [-0.39, 0.29) is 34.0 Å². The van der Waals surface area contributed by atoms with E-state index in [4.69, 9.17) is 5.11 Å². The van der Waals surface area contributed by atoms with Gasteiger partial charge in [-0.2, -0.15) is 0 Å². The molecular formula is C26H20O8. The summed E-state index contributed by atoms with van der Waals surface area (Å²) < 4.78 is 0. The zero-order valence-electron chi connectivity index (χ0n) is 17.6. The van der Waals surface area contributed by atoms with Crippen LogP contribution < -0.4 is 0 Å². The van der Waals surface area contributed by atoms with Gasteiger partial charge in [0.25, 0.3) is 0 Å². The van der Waals surface area contributed by atoms with Crippen molar-refractivity contribution in [3.63, 3.8) is 0 Å². The number of phenols is 6. The Morgan fingerprint density at radius 1 is 0.471 bits per heavy atom. The second-order valence-electron chi connectivity index (χ2n) is 7.08. The normalized spacial score (nSPS) is 10.1. The van der Waals surface area contributed by atoms with Crippen molar-refractivity contribution >= 4 is 11.6 Å². The minimum Gasteiger partial charge on any atom is -0.508 e. The second kappa shape index (κ2) is 10.1. The van der Waals surface area contributed by atoms with Crippen LogP contribution in [-0.2, 0) is 0 Å². The molecule has 0 atom stereocenters. The number of phenolic OH excluding ortho intramolecular Hbond substituents is 6. The molecule has 0 spiro atoms. The third-order valence-corrected chi connectivity index (χ3v) is 4.77. The maximum absolute atomic E-state index is 12.0. The standard InChI is InChI=1S/C13H10O5.C13H10O3/c14-9-6-8(11(16)13(18)12(9)17)10(15)7-4-2-1-3-5-7;14-10-6-7-11(12(15)8-10)13(16)9-4-2-1-3-5-9/h1-6,14,16-18H;1-8,14-15H. The van der Waals surface area contributed by atoms with Crippen molar-refractivity contribution < 1.29 is 40.2 Å². The maximum Gasteiger partial charge on any atom is 0.205 e. The number of ketones is 2. The molecule has 0 unspecified atom stereocenters. The lowest BCUT2D eigenvalue weighted by molar-refractivity contribution is 0.102. The summed E-state index contributed by atoms with van der Waals surface area (Å²) in [6.07, 6.45) is 0. The van der Waals surface area contributed by atoms with Gasteiger partial charge < -0.3 is 30.6 Å². The summed E-state index contributed by atoms with van der Waals surface area (Å²) in [6, 6.07) is 21.6. The molecule has 0 amide bonds. The van der Waals surface area contributed by atoms with Gasteiger partial charge in [-0.25, -0.2) is 0 Å². The Labute approximate surface area is 193 Å². The van der Waals surface area contributed by atoms with Crippen molar-refractivity contribution in [3.8, 4) is 34.5 Å². The summed E-state index contributed by atoms with van der Waals surface area (Å²) in [5.41, 5.74) is 0.693. The largest absolute Gasteiger partial charge is 0.508 e. The van der Waals surface area contributed by atoms with E-state index in [9.17, 15) is 35.1 Å². The van der Waals surface area contributed by atoms with Gasteiger partial charge in [-0.15, -0.1) is 0 Å². The van der Waals surface area contributed by atoms with E-state index in [0.29, 0.717) is 5.56 Å². The Balaban J connectivity index is 0.000000192. The molecule has 0 aliphatic rings. The Morgan fingerprint density at radius 3 is 1.47 bits per heavy atom. The van der Waals surface area contributed by atoms with Crippen molar-refractivity contribution in [3.05, 3.63) is 107 Å². The van der Waals surface area contributed by atoms with Gasteiger partial charge >= 0.3 is 0 Å². The molecule has 4 rings (SSSR count). The monoisotopic (exact) mass is 460 g/mol. The fraction of sp³-hybridized carbons (Fsp3) is 0. The Bertz CT molecular complexity index is 1330. The summed E-state index contributed by atoms with van der Waals surface area (Å²) in [5, 5.41) is 56.1. The van der Waals surface area contributed by atoms with E-state index in [0.717, 1.165) is 12.1 Å². The molecule has 0 aliphatic heterocycles. The molecule has 0 fully saturated rings. The first-order valence-corrected chi connectivity index (χ1v) is 9.89. The molecular weight excluding hydrogens is 440 g/mol. The van der Waals surface area contributed by atoms with Crippen LogP contribution in [0.15, 0.2) is 84.9 Å². The van der Waals surface area contributed by atoms with Gasteiger partial charge in [0.2, 0.25) is 11.5 Å². The lowest BCUT2D eigenvalue weighted by atomic mass is 10.0. The topological polar surface area (TPSA) is 156 Å². The van der Waals surface area contributed by atoms with E-state index in [1.54, 1.807) is 42.5 Å². The highest BCUT2D eigenvalue weighted by Gasteiger charge is 2.21. The Kier molecular flexibility index (Phi) is 7.03. The highest BCUT2D eigenvalue weighted by Crippen LogP contribution is 2.44. The van der Waals surface area contributed by atoms with Crippen LogP contribution in [0.2, 0.25) is 0 Å². The van der Waals surface area contributed by atoms with E-state index in [2.05, 4.69) is 0 Å². The molecule has 0 aromatic heterocycles. The predicted molar refractivity (Wildman–Crippen MR) is 123 cm³/mol. The van der Waals surface area contributed by atoms with Crippen LogP contribution in [0, 0.1) is 0 Å². The van der Waals surface area contributed by atoms with Crippen molar-refractivity contribution in [2.24, 2.45) is 0 Å². The Hall–Kier alpha value is -4.98. The molecule has 4 aromatic rings. The number of hydrogen-bond donors (Lipinski definition) is 6. The smallest absolute Gasteiger partial charge is 0.205 e. The van der Waals surface area contributed by atoms with Gasteiger partial charge in [-0.3, -0.25) is 9.59 Å². The van der Waals surface area contributed by atoms with Crippen LogP contribution in [0.5, 0.6) is 34.5 Å². The van der Waals surface area contributed by atoms with Crippen LogP contribution in [0.25, 0.3) is 0 Å². The van der Waals surface area contributed by atoms with E-state index >= 15 is 0 Å². The minimum absolute atomic E-state index is 0.0675. The molecule has 4 aromatic carbocycles. The van der Waals surface area contributed by atoms with Gasteiger partial charge in [-0.05, 0) is 18.2 Å². The van der Waals surface area contributed by atoms with Crippen molar-refractivity contribution in [1.82, 2.24) is 0 Å². The van der Waals surface area contributed by atoms with Crippen LogP contribution in [0.3, 0.4) is 0 Å². The highest BCUT2D eigenvalue weighted by molar-refractivity contribution is 6.12. The van der Waals surface area contributed by atoms with Crippen LogP contribution >= 0.6 is 0 Å². The third kappa shape index (κ3) is 5.08. The zero-order chi connectivity index (χ0) is 24.8. The molecule has 34 heavy (non-hydrogen) atoms. The zero-order valence-corrected chi connectivity index (χ0v) is 17.6. The molecule has 6 N–H and O–H groups in total. The molecule has 0 heterocycles. The molecule has 0 saturated carbocycles. The van der Waals surface area contributed by atoms with E-state index < -0.39 is 28.8 Å². The average molecular weight is 460 g/mol. The molecule has 172 valence electrons. The number of rotatable bonds is 4. The highest BCUT2D eigenvalue weighted by atomic mass is 16.3. The van der Waals surface area contributed by atoms with Crippen LogP contribution in [0.4, 0.5) is 0 Å². The quantitative estimate of drug-likeness (QED) is 0.151. The minimum atomic E-state index is -0.922. The van der Waals surface area contributed by atoms with E-state index in [1.165, 1.54) is 24.3 Å². The first-order valence-electron chi connectivity index (χ1n) is 9.89. The van der Waals surface area contributed by atoms with Crippen LogP contribution in [-0.4, -0.2) is 42.2 Å². The summed E-state index contributed by atoms with van der Waals surface area (Å²) >= 11 is 0. The summed E-state index contributed by atoms with van der Waals surface area (Å²) in [4.78, 5) is 24.0. The summed E-state index contributed by atoms with van der Waals surface area (Å²) in [7, 11) is 0. The van der Waals surface area contributed by atoms with Crippen molar-refractivity contribution in [1.29, 1.82) is 0 Å². The Morgan fingerprint density at radius 2 is 0.971 bits per heavy atom. The van der Waals surface area contributed by atoms with Crippen LogP contribution in [0.1, 0.15) is 31.8 Å². The first-order chi connectivity index (χ1) is 16.2. The number of aromatic hydroxyl groups is 6. The summed E-state index contributed by atoms with van der Waals surface area (Å²) in [6.45, 7) is 0. The summed E-state index contributed by atoms with van der Waals surface area (Å²) in [5.74, 6) is -4.34. The molecule has 8 nitrogen and oxygen atoms in total. The molecule has 8 heteroatoms. The molecule has 0 saturated heterocycles.